The summed E-state index contributed by atoms with van der Waals surface area (Å²) in [4.78, 5) is 2.29. The summed E-state index contributed by atoms with van der Waals surface area (Å²) in [6, 6.07) is 0.138. The monoisotopic (exact) mass is 209 g/mol. The van der Waals surface area contributed by atoms with E-state index in [0.29, 0.717) is 0 Å². The fourth-order valence-corrected chi connectivity index (χ4v) is 2.01. The lowest BCUT2D eigenvalue weighted by Gasteiger charge is -2.15. The SMILES string of the molecule is CC(N)Cc1nnc(N2CCCC2)n1C. The van der Waals surface area contributed by atoms with E-state index in [2.05, 4.69) is 19.7 Å². The largest absolute Gasteiger partial charge is 0.341 e. The predicted octanol–water partition coefficient (Wildman–Crippen LogP) is 0.305. The number of hydrogen-bond donors (Lipinski definition) is 1. The van der Waals surface area contributed by atoms with Crippen LogP contribution in [0.2, 0.25) is 0 Å². The summed E-state index contributed by atoms with van der Waals surface area (Å²) in [6.07, 6.45) is 3.31. The molecule has 0 aromatic carbocycles. The molecule has 0 bridgehead atoms. The average molecular weight is 209 g/mol. The first-order valence-corrected chi connectivity index (χ1v) is 5.57. The minimum atomic E-state index is 0.138. The summed E-state index contributed by atoms with van der Waals surface area (Å²) >= 11 is 0. The molecule has 1 unspecified atom stereocenters. The van der Waals surface area contributed by atoms with Crippen molar-refractivity contribution in [1.29, 1.82) is 0 Å². The third-order valence-electron chi connectivity index (χ3n) is 2.84. The Morgan fingerprint density at radius 1 is 1.33 bits per heavy atom. The molecule has 5 nitrogen and oxygen atoms in total. The van der Waals surface area contributed by atoms with Crippen molar-refractivity contribution in [2.75, 3.05) is 18.0 Å². The van der Waals surface area contributed by atoms with Crippen LogP contribution in [0.25, 0.3) is 0 Å². The van der Waals surface area contributed by atoms with E-state index >= 15 is 0 Å². The number of hydrogen-bond acceptors (Lipinski definition) is 4. The predicted molar refractivity (Wildman–Crippen MR) is 59.8 cm³/mol. The van der Waals surface area contributed by atoms with Gasteiger partial charge in [0.1, 0.15) is 5.82 Å². The molecule has 1 aromatic heterocycles. The van der Waals surface area contributed by atoms with Crippen LogP contribution in [0.15, 0.2) is 0 Å². The highest BCUT2D eigenvalue weighted by molar-refractivity contribution is 5.32. The Balaban J connectivity index is 2.15. The van der Waals surface area contributed by atoms with Gasteiger partial charge < -0.3 is 15.2 Å². The van der Waals surface area contributed by atoms with Gasteiger partial charge in [0.2, 0.25) is 5.95 Å². The van der Waals surface area contributed by atoms with E-state index in [4.69, 9.17) is 5.73 Å². The van der Waals surface area contributed by atoms with E-state index in [1.807, 2.05) is 14.0 Å². The topological polar surface area (TPSA) is 60.0 Å². The van der Waals surface area contributed by atoms with E-state index in [1.54, 1.807) is 0 Å². The van der Waals surface area contributed by atoms with E-state index in [-0.39, 0.29) is 6.04 Å². The van der Waals surface area contributed by atoms with Gasteiger partial charge in [-0.15, -0.1) is 10.2 Å². The van der Waals surface area contributed by atoms with Crippen LogP contribution in [0, 0.1) is 0 Å². The van der Waals surface area contributed by atoms with E-state index in [9.17, 15) is 0 Å². The Bertz CT molecular complexity index is 325. The van der Waals surface area contributed by atoms with Gasteiger partial charge in [0.15, 0.2) is 0 Å². The molecule has 0 spiro atoms. The molecule has 15 heavy (non-hydrogen) atoms. The third-order valence-corrected chi connectivity index (χ3v) is 2.84. The van der Waals surface area contributed by atoms with Crippen LogP contribution >= 0.6 is 0 Å². The van der Waals surface area contributed by atoms with Crippen LogP contribution in [0.5, 0.6) is 0 Å². The Labute approximate surface area is 90.3 Å². The molecule has 5 heteroatoms. The number of anilines is 1. The second-order valence-corrected chi connectivity index (χ2v) is 4.35. The lowest BCUT2D eigenvalue weighted by atomic mass is 10.2. The lowest BCUT2D eigenvalue weighted by Crippen LogP contribution is -2.23. The maximum absolute atomic E-state index is 5.76. The van der Waals surface area contributed by atoms with Crippen molar-refractivity contribution in [1.82, 2.24) is 14.8 Å². The van der Waals surface area contributed by atoms with Gasteiger partial charge in [-0.3, -0.25) is 0 Å². The van der Waals surface area contributed by atoms with Crippen LogP contribution in [0.1, 0.15) is 25.6 Å². The molecule has 1 aromatic rings. The summed E-state index contributed by atoms with van der Waals surface area (Å²) in [5.74, 6) is 1.97. The van der Waals surface area contributed by atoms with Crippen molar-refractivity contribution >= 4 is 5.95 Å². The van der Waals surface area contributed by atoms with Crippen LogP contribution < -0.4 is 10.6 Å². The standard InChI is InChI=1S/C10H19N5/c1-8(11)7-9-12-13-10(14(9)2)15-5-3-4-6-15/h8H,3-7,11H2,1-2H3. The van der Waals surface area contributed by atoms with Crippen molar-refractivity contribution in [3.05, 3.63) is 5.82 Å². The molecular weight excluding hydrogens is 190 g/mol. The average Bonchev–Trinajstić information content (AvgIpc) is 2.76. The lowest BCUT2D eigenvalue weighted by molar-refractivity contribution is 0.667. The van der Waals surface area contributed by atoms with Crippen molar-refractivity contribution in [3.8, 4) is 0 Å². The first-order chi connectivity index (χ1) is 7.18. The zero-order valence-electron chi connectivity index (χ0n) is 9.48. The molecule has 1 aliphatic heterocycles. The summed E-state index contributed by atoms with van der Waals surface area (Å²) < 4.78 is 2.06. The molecule has 0 amide bonds. The Morgan fingerprint density at radius 3 is 2.60 bits per heavy atom. The molecule has 2 heterocycles. The molecular formula is C10H19N5. The zero-order chi connectivity index (χ0) is 10.8. The van der Waals surface area contributed by atoms with Gasteiger partial charge in [0.05, 0.1) is 0 Å². The highest BCUT2D eigenvalue weighted by atomic mass is 15.4. The van der Waals surface area contributed by atoms with Crippen molar-refractivity contribution in [2.24, 2.45) is 12.8 Å². The molecule has 1 atom stereocenters. The second-order valence-electron chi connectivity index (χ2n) is 4.35. The number of rotatable bonds is 3. The van der Waals surface area contributed by atoms with Crippen LogP contribution in [-0.4, -0.2) is 33.9 Å². The Kier molecular flexibility index (Phi) is 2.90. The number of aromatic nitrogens is 3. The van der Waals surface area contributed by atoms with Gasteiger partial charge in [0.25, 0.3) is 0 Å². The van der Waals surface area contributed by atoms with Crippen molar-refractivity contribution in [2.45, 2.75) is 32.2 Å². The maximum atomic E-state index is 5.76. The van der Waals surface area contributed by atoms with Crippen LogP contribution in [0.3, 0.4) is 0 Å². The fourth-order valence-electron chi connectivity index (χ4n) is 2.01. The molecule has 0 aliphatic carbocycles. The van der Waals surface area contributed by atoms with E-state index in [1.165, 1.54) is 12.8 Å². The van der Waals surface area contributed by atoms with Gasteiger partial charge in [-0.1, -0.05) is 0 Å². The fraction of sp³-hybridized carbons (Fsp3) is 0.800. The van der Waals surface area contributed by atoms with Gasteiger partial charge in [-0.25, -0.2) is 0 Å². The molecule has 1 aliphatic rings. The molecule has 0 saturated carbocycles. The Hall–Kier alpha value is -1.10. The summed E-state index contributed by atoms with van der Waals surface area (Å²) in [6.45, 7) is 4.19. The van der Waals surface area contributed by atoms with Gasteiger partial charge in [-0.2, -0.15) is 0 Å². The highest BCUT2D eigenvalue weighted by Crippen LogP contribution is 2.18. The first kappa shape index (κ1) is 10.4. The van der Waals surface area contributed by atoms with Crippen LogP contribution in [-0.2, 0) is 13.5 Å². The summed E-state index contributed by atoms with van der Waals surface area (Å²) in [5, 5.41) is 8.43. The molecule has 2 N–H and O–H groups in total. The van der Waals surface area contributed by atoms with Gasteiger partial charge in [0, 0.05) is 32.6 Å². The molecule has 1 fully saturated rings. The smallest absolute Gasteiger partial charge is 0.226 e. The minimum absolute atomic E-state index is 0.138. The zero-order valence-corrected chi connectivity index (χ0v) is 9.48. The van der Waals surface area contributed by atoms with Gasteiger partial charge >= 0.3 is 0 Å². The first-order valence-electron chi connectivity index (χ1n) is 5.57. The van der Waals surface area contributed by atoms with E-state index in [0.717, 1.165) is 31.3 Å². The van der Waals surface area contributed by atoms with Crippen molar-refractivity contribution in [3.63, 3.8) is 0 Å². The normalized spacial score (nSPS) is 18.5. The second kappa shape index (κ2) is 4.18. The van der Waals surface area contributed by atoms with Crippen LogP contribution in [0.4, 0.5) is 5.95 Å². The van der Waals surface area contributed by atoms with E-state index < -0.39 is 0 Å². The number of nitrogens with zero attached hydrogens (tertiary/aromatic N) is 4. The Morgan fingerprint density at radius 2 is 2.00 bits per heavy atom. The molecule has 1 saturated heterocycles. The van der Waals surface area contributed by atoms with Gasteiger partial charge in [-0.05, 0) is 19.8 Å². The highest BCUT2D eigenvalue weighted by Gasteiger charge is 2.19. The third kappa shape index (κ3) is 2.12. The molecule has 0 radical (unpaired) electrons. The van der Waals surface area contributed by atoms with Crippen molar-refractivity contribution < 1.29 is 0 Å². The molecule has 84 valence electrons. The quantitative estimate of drug-likeness (QED) is 0.778. The summed E-state index contributed by atoms with van der Waals surface area (Å²) in [5.41, 5.74) is 5.76. The molecule has 2 rings (SSSR count). The maximum Gasteiger partial charge on any atom is 0.226 e. The number of nitrogens with two attached hydrogens (primary N) is 1. The summed E-state index contributed by atoms with van der Waals surface area (Å²) in [7, 11) is 2.02. The minimum Gasteiger partial charge on any atom is -0.341 e.